The summed E-state index contributed by atoms with van der Waals surface area (Å²) in [6.07, 6.45) is 2.28. The number of imidazole rings is 1. The Morgan fingerprint density at radius 3 is 2.54 bits per heavy atom. The first kappa shape index (κ1) is 15.8. The molecule has 0 fully saturated rings. The van der Waals surface area contributed by atoms with E-state index in [4.69, 9.17) is 5.11 Å². The second-order valence-corrected chi connectivity index (χ2v) is 5.07. The van der Waals surface area contributed by atoms with E-state index in [2.05, 4.69) is 20.3 Å². The summed E-state index contributed by atoms with van der Waals surface area (Å²) in [7, 11) is 0. The van der Waals surface area contributed by atoms with E-state index < -0.39 is 18.6 Å². The monoisotopic (exact) mass is 333 g/mol. The van der Waals surface area contributed by atoms with E-state index in [9.17, 15) is 13.6 Å². The molecular weight excluding hydrogens is 320 g/mol. The summed E-state index contributed by atoms with van der Waals surface area (Å²) < 4.78 is 27.7. The molecule has 0 amide bonds. The second kappa shape index (κ2) is 6.19. The zero-order valence-corrected chi connectivity index (χ0v) is 12.5. The van der Waals surface area contributed by atoms with E-state index in [-0.39, 0.29) is 17.3 Å². The van der Waals surface area contributed by atoms with Crippen molar-refractivity contribution in [3.05, 3.63) is 48.0 Å². The smallest absolute Gasteiger partial charge is 0.338 e. The van der Waals surface area contributed by atoms with Crippen LogP contribution >= 0.6 is 0 Å². The van der Waals surface area contributed by atoms with Gasteiger partial charge < -0.3 is 10.4 Å². The van der Waals surface area contributed by atoms with E-state index in [1.165, 1.54) is 0 Å². The largest absolute Gasteiger partial charge is 0.478 e. The molecule has 0 bridgehead atoms. The normalized spacial score (nSPS) is 12.5. The fraction of sp³-hybridized carbons (Fsp3) is 0.200. The van der Waals surface area contributed by atoms with E-state index >= 15 is 0 Å². The number of nitrogens with zero attached hydrogens (tertiary/aromatic N) is 4. The molecule has 0 radical (unpaired) electrons. The molecular formula is C15H13F2N5O2. The number of aromatic nitrogens is 4. The first-order valence-corrected chi connectivity index (χ1v) is 7.04. The summed E-state index contributed by atoms with van der Waals surface area (Å²) in [5, 5.41) is 11.7. The van der Waals surface area contributed by atoms with Crippen LogP contribution in [0.5, 0.6) is 0 Å². The molecule has 0 saturated heterocycles. The number of para-hydroxylation sites is 2. The molecule has 0 aliphatic rings. The number of benzene rings is 1. The number of halogens is 2. The molecule has 7 nitrogen and oxygen atoms in total. The zero-order chi connectivity index (χ0) is 17.3. The predicted octanol–water partition coefficient (Wildman–Crippen LogP) is 3.09. The zero-order valence-electron chi connectivity index (χ0n) is 12.5. The fourth-order valence-corrected chi connectivity index (χ4v) is 2.34. The highest BCUT2D eigenvalue weighted by molar-refractivity contribution is 5.86. The lowest BCUT2D eigenvalue weighted by Crippen LogP contribution is -2.16. The minimum atomic E-state index is -2.74. The Kier molecular flexibility index (Phi) is 4.07. The molecule has 3 aromatic rings. The highest BCUT2D eigenvalue weighted by atomic mass is 19.3. The maximum atomic E-state index is 13.4. The van der Waals surface area contributed by atoms with Gasteiger partial charge in [-0.2, -0.15) is 8.78 Å². The number of nitrogens with one attached hydrogen (secondary N) is 1. The van der Waals surface area contributed by atoms with Gasteiger partial charge in [0.15, 0.2) is 0 Å². The van der Waals surface area contributed by atoms with Crippen LogP contribution in [-0.4, -0.2) is 30.6 Å². The summed E-state index contributed by atoms with van der Waals surface area (Å²) in [4.78, 5) is 22.8. The number of fused-ring (bicyclic) bond motifs is 1. The average molecular weight is 333 g/mol. The molecule has 2 N–H and O–H groups in total. The standard InChI is InChI=1S/C15H13F2N5O2/c1-8(20-15-18-6-9(7-19-15)13(23)24)12-21-10-4-2-3-5-11(10)22(12)14(16)17/h2-8,14H,1H3,(H,23,24)(H,18,19,20). The summed E-state index contributed by atoms with van der Waals surface area (Å²) in [6.45, 7) is -1.10. The Bertz CT molecular complexity index is 879. The van der Waals surface area contributed by atoms with Crippen molar-refractivity contribution in [3.8, 4) is 0 Å². The van der Waals surface area contributed by atoms with Crippen molar-refractivity contribution in [1.82, 2.24) is 19.5 Å². The molecule has 2 aromatic heterocycles. The summed E-state index contributed by atoms with van der Waals surface area (Å²) >= 11 is 0. The first-order valence-electron chi connectivity index (χ1n) is 7.04. The number of aromatic carboxylic acids is 1. The Morgan fingerprint density at radius 1 is 1.25 bits per heavy atom. The van der Waals surface area contributed by atoms with Crippen LogP contribution in [0.1, 0.15) is 35.7 Å². The Morgan fingerprint density at radius 2 is 1.92 bits per heavy atom. The van der Waals surface area contributed by atoms with Gasteiger partial charge in [0.05, 0.1) is 22.6 Å². The molecule has 9 heteroatoms. The van der Waals surface area contributed by atoms with Crippen molar-refractivity contribution in [3.63, 3.8) is 0 Å². The molecule has 0 saturated carbocycles. The summed E-state index contributed by atoms with van der Waals surface area (Å²) in [5.41, 5.74) is 0.731. The third-order valence-corrected chi connectivity index (χ3v) is 3.45. The molecule has 24 heavy (non-hydrogen) atoms. The van der Waals surface area contributed by atoms with Crippen molar-refractivity contribution in [1.29, 1.82) is 0 Å². The molecule has 0 aliphatic carbocycles. The fourth-order valence-electron chi connectivity index (χ4n) is 2.34. The third-order valence-electron chi connectivity index (χ3n) is 3.45. The number of hydrogen-bond acceptors (Lipinski definition) is 5. The Balaban J connectivity index is 1.92. The molecule has 0 aliphatic heterocycles. The van der Waals surface area contributed by atoms with Crippen LogP contribution in [0.4, 0.5) is 14.7 Å². The number of rotatable bonds is 5. The van der Waals surface area contributed by atoms with Crippen LogP contribution in [0.25, 0.3) is 11.0 Å². The SMILES string of the molecule is CC(Nc1ncc(C(=O)O)cn1)c1nc2ccccc2n1C(F)F. The molecule has 3 rings (SSSR count). The third kappa shape index (κ3) is 2.87. The van der Waals surface area contributed by atoms with E-state index in [1.807, 2.05) is 0 Å². The Labute approximate surface area is 135 Å². The predicted molar refractivity (Wildman–Crippen MR) is 82.0 cm³/mol. The van der Waals surface area contributed by atoms with Crippen LogP contribution in [0.15, 0.2) is 36.7 Å². The lowest BCUT2D eigenvalue weighted by atomic mass is 10.3. The maximum Gasteiger partial charge on any atom is 0.338 e. The van der Waals surface area contributed by atoms with Crippen LogP contribution < -0.4 is 5.32 Å². The number of carbonyl (C=O) groups is 1. The van der Waals surface area contributed by atoms with E-state index in [0.29, 0.717) is 11.0 Å². The molecule has 0 spiro atoms. The molecule has 124 valence electrons. The topological polar surface area (TPSA) is 92.9 Å². The molecule has 1 unspecified atom stereocenters. The summed E-state index contributed by atoms with van der Waals surface area (Å²) in [5.74, 6) is -0.883. The van der Waals surface area contributed by atoms with Gasteiger partial charge in [-0.25, -0.2) is 19.7 Å². The first-order chi connectivity index (χ1) is 11.5. The molecule has 1 aromatic carbocycles. The van der Waals surface area contributed by atoms with Gasteiger partial charge in [0.1, 0.15) is 5.82 Å². The number of anilines is 1. The van der Waals surface area contributed by atoms with Crippen molar-refractivity contribution in [2.75, 3.05) is 5.32 Å². The number of alkyl halides is 2. The molecule has 1 atom stereocenters. The van der Waals surface area contributed by atoms with Crippen LogP contribution in [0.3, 0.4) is 0 Å². The second-order valence-electron chi connectivity index (χ2n) is 5.07. The minimum Gasteiger partial charge on any atom is -0.478 e. The van der Waals surface area contributed by atoms with Crippen molar-refractivity contribution >= 4 is 23.0 Å². The highest BCUT2D eigenvalue weighted by Crippen LogP contribution is 2.27. The van der Waals surface area contributed by atoms with Crippen LogP contribution in [-0.2, 0) is 0 Å². The van der Waals surface area contributed by atoms with Gasteiger partial charge in [-0.05, 0) is 19.1 Å². The van der Waals surface area contributed by atoms with Crippen LogP contribution in [0, 0.1) is 0 Å². The summed E-state index contributed by atoms with van der Waals surface area (Å²) in [6, 6.07) is 6.01. The Hall–Kier alpha value is -3.10. The molecule has 2 heterocycles. The van der Waals surface area contributed by atoms with Gasteiger partial charge in [0.2, 0.25) is 5.95 Å². The van der Waals surface area contributed by atoms with Gasteiger partial charge in [0.25, 0.3) is 0 Å². The number of carboxylic acid groups (broad SMARTS) is 1. The maximum absolute atomic E-state index is 13.4. The van der Waals surface area contributed by atoms with Gasteiger partial charge >= 0.3 is 12.5 Å². The average Bonchev–Trinajstić information content (AvgIpc) is 2.95. The van der Waals surface area contributed by atoms with Crippen molar-refractivity contribution in [2.45, 2.75) is 19.5 Å². The van der Waals surface area contributed by atoms with Gasteiger partial charge in [-0.15, -0.1) is 0 Å². The van der Waals surface area contributed by atoms with Gasteiger partial charge in [-0.3, -0.25) is 4.57 Å². The highest BCUT2D eigenvalue weighted by Gasteiger charge is 2.22. The lowest BCUT2D eigenvalue weighted by molar-refractivity contribution is 0.0691. The van der Waals surface area contributed by atoms with E-state index in [1.54, 1.807) is 31.2 Å². The van der Waals surface area contributed by atoms with Gasteiger partial charge in [0, 0.05) is 12.4 Å². The van der Waals surface area contributed by atoms with Crippen LogP contribution in [0.2, 0.25) is 0 Å². The van der Waals surface area contributed by atoms with Gasteiger partial charge in [-0.1, -0.05) is 12.1 Å². The van der Waals surface area contributed by atoms with E-state index in [0.717, 1.165) is 17.0 Å². The quantitative estimate of drug-likeness (QED) is 0.745. The minimum absolute atomic E-state index is 0.0620. The number of hydrogen-bond donors (Lipinski definition) is 2. The lowest BCUT2D eigenvalue weighted by Gasteiger charge is -2.15. The van der Waals surface area contributed by atoms with Crippen molar-refractivity contribution in [2.24, 2.45) is 0 Å². The van der Waals surface area contributed by atoms with Crippen molar-refractivity contribution < 1.29 is 18.7 Å². The number of carboxylic acids is 1.